The third kappa shape index (κ3) is 3.90. The lowest BCUT2D eigenvalue weighted by Crippen LogP contribution is -2.02. The number of rotatable bonds is 4. The Morgan fingerprint density at radius 2 is 1.70 bits per heavy atom. The fourth-order valence-electron chi connectivity index (χ4n) is 2.24. The van der Waals surface area contributed by atoms with Crippen molar-refractivity contribution in [3.05, 3.63) is 64.5 Å². The summed E-state index contributed by atoms with van der Waals surface area (Å²) in [5, 5.41) is 0. The second-order valence-electron chi connectivity index (χ2n) is 5.08. The molecule has 0 saturated carbocycles. The number of anilines is 1. The molecule has 0 saturated heterocycles. The van der Waals surface area contributed by atoms with Gasteiger partial charge in [0.15, 0.2) is 0 Å². The smallest absolute Gasteiger partial charge is 0.129 e. The number of aryl methyl sites for hydroxylation is 2. The molecule has 4 heteroatoms. The summed E-state index contributed by atoms with van der Waals surface area (Å²) in [5.74, 6) is 0.254. The van der Waals surface area contributed by atoms with Gasteiger partial charge in [-0.15, -0.1) is 0 Å². The zero-order valence-electron chi connectivity index (χ0n) is 11.7. The van der Waals surface area contributed by atoms with Crippen molar-refractivity contribution in [1.29, 1.82) is 0 Å². The molecule has 20 heavy (non-hydrogen) atoms. The van der Waals surface area contributed by atoms with Crippen LogP contribution < -0.4 is 5.73 Å². The quantitative estimate of drug-likeness (QED) is 0.876. The minimum absolute atomic E-state index is 0.207. The van der Waals surface area contributed by atoms with Crippen LogP contribution in [0, 0.1) is 19.7 Å². The van der Waals surface area contributed by atoms with E-state index in [1.54, 1.807) is 12.1 Å². The molecular weight excluding hydrogens is 273 g/mol. The third-order valence-electron chi connectivity index (χ3n) is 3.00. The summed E-state index contributed by atoms with van der Waals surface area (Å²) >= 11 is 0. The predicted molar refractivity (Wildman–Crippen MR) is 82.3 cm³/mol. The van der Waals surface area contributed by atoms with Gasteiger partial charge >= 0.3 is 0 Å². The Hall–Kier alpha value is -1.68. The number of benzene rings is 2. The van der Waals surface area contributed by atoms with Crippen molar-refractivity contribution >= 4 is 16.5 Å². The zero-order chi connectivity index (χ0) is 14.7. The fraction of sp³-hybridized carbons (Fsp3) is 0.250. The lowest BCUT2D eigenvalue weighted by molar-refractivity contribution is 0.616. The van der Waals surface area contributed by atoms with Gasteiger partial charge in [-0.1, -0.05) is 35.4 Å². The van der Waals surface area contributed by atoms with E-state index in [0.717, 1.165) is 16.7 Å². The average molecular weight is 291 g/mol. The molecule has 0 radical (unpaired) electrons. The van der Waals surface area contributed by atoms with E-state index in [1.165, 1.54) is 6.07 Å². The SMILES string of the molecule is Cc1cc(C)cc(CS(=O)Cc2ccc(N)cc2F)c1. The van der Waals surface area contributed by atoms with Gasteiger partial charge in [0, 0.05) is 27.8 Å². The number of hydrogen-bond acceptors (Lipinski definition) is 2. The first-order valence-electron chi connectivity index (χ1n) is 6.40. The highest BCUT2D eigenvalue weighted by Gasteiger charge is 2.09. The largest absolute Gasteiger partial charge is 0.399 e. The minimum atomic E-state index is -1.14. The summed E-state index contributed by atoms with van der Waals surface area (Å²) in [6.07, 6.45) is 0. The molecule has 0 spiro atoms. The van der Waals surface area contributed by atoms with E-state index in [2.05, 4.69) is 6.07 Å². The Morgan fingerprint density at radius 3 is 2.30 bits per heavy atom. The first-order chi connectivity index (χ1) is 9.44. The highest BCUT2D eigenvalue weighted by atomic mass is 32.2. The molecule has 0 aliphatic heterocycles. The first-order valence-corrected chi connectivity index (χ1v) is 7.89. The van der Waals surface area contributed by atoms with Crippen molar-refractivity contribution < 1.29 is 8.60 Å². The maximum absolute atomic E-state index is 13.7. The van der Waals surface area contributed by atoms with Gasteiger partial charge in [0.2, 0.25) is 0 Å². The number of nitrogen functional groups attached to an aromatic ring is 1. The Labute approximate surface area is 121 Å². The first kappa shape index (κ1) is 14.7. The van der Waals surface area contributed by atoms with E-state index in [1.807, 2.05) is 26.0 Å². The standard InChI is InChI=1S/C16H18FNOS/c1-11-5-12(2)7-13(6-11)9-20(19)10-14-3-4-15(18)8-16(14)17/h3-8H,9-10,18H2,1-2H3. The maximum atomic E-state index is 13.7. The summed E-state index contributed by atoms with van der Waals surface area (Å²) in [7, 11) is -1.14. The molecule has 106 valence electrons. The lowest BCUT2D eigenvalue weighted by Gasteiger charge is -2.07. The zero-order valence-corrected chi connectivity index (χ0v) is 12.5. The van der Waals surface area contributed by atoms with Crippen LogP contribution in [-0.4, -0.2) is 4.21 Å². The average Bonchev–Trinajstić information content (AvgIpc) is 2.31. The van der Waals surface area contributed by atoms with Gasteiger partial charge in [-0.2, -0.15) is 0 Å². The van der Waals surface area contributed by atoms with Crippen molar-refractivity contribution in [2.75, 3.05) is 5.73 Å². The van der Waals surface area contributed by atoms with Gasteiger partial charge in [0.1, 0.15) is 5.82 Å². The molecule has 1 atom stereocenters. The van der Waals surface area contributed by atoms with Crippen molar-refractivity contribution in [2.45, 2.75) is 25.4 Å². The van der Waals surface area contributed by atoms with E-state index in [0.29, 0.717) is 17.0 Å². The second kappa shape index (κ2) is 6.18. The highest BCUT2D eigenvalue weighted by molar-refractivity contribution is 7.83. The van der Waals surface area contributed by atoms with Gasteiger partial charge in [0.25, 0.3) is 0 Å². The monoisotopic (exact) mass is 291 g/mol. The molecule has 0 heterocycles. The van der Waals surface area contributed by atoms with Crippen molar-refractivity contribution in [2.24, 2.45) is 0 Å². The molecule has 2 aromatic rings. The van der Waals surface area contributed by atoms with Crippen molar-refractivity contribution in [3.8, 4) is 0 Å². The number of nitrogens with two attached hydrogens (primary N) is 1. The van der Waals surface area contributed by atoms with E-state index in [9.17, 15) is 8.60 Å². The Morgan fingerprint density at radius 1 is 1.05 bits per heavy atom. The van der Waals surface area contributed by atoms with Crippen LogP contribution >= 0.6 is 0 Å². The molecule has 2 rings (SSSR count). The number of hydrogen-bond donors (Lipinski definition) is 1. The highest BCUT2D eigenvalue weighted by Crippen LogP contribution is 2.16. The van der Waals surface area contributed by atoms with Crippen molar-refractivity contribution in [1.82, 2.24) is 0 Å². The van der Waals surface area contributed by atoms with Gasteiger partial charge in [0.05, 0.1) is 5.75 Å². The molecule has 2 N–H and O–H groups in total. The molecule has 2 nitrogen and oxygen atoms in total. The van der Waals surface area contributed by atoms with Crippen LogP contribution in [0.2, 0.25) is 0 Å². The second-order valence-corrected chi connectivity index (χ2v) is 6.53. The van der Waals surface area contributed by atoms with Crippen LogP contribution in [0.4, 0.5) is 10.1 Å². The van der Waals surface area contributed by atoms with E-state index < -0.39 is 16.6 Å². The topological polar surface area (TPSA) is 43.1 Å². The fourth-order valence-corrected chi connectivity index (χ4v) is 3.46. The van der Waals surface area contributed by atoms with Gasteiger partial charge in [-0.05, 0) is 31.5 Å². The van der Waals surface area contributed by atoms with Crippen LogP contribution in [0.15, 0.2) is 36.4 Å². The van der Waals surface area contributed by atoms with Gasteiger partial charge < -0.3 is 5.73 Å². The molecule has 0 aromatic heterocycles. The van der Waals surface area contributed by atoms with Crippen LogP contribution in [-0.2, 0) is 22.3 Å². The summed E-state index contributed by atoms with van der Waals surface area (Å²) in [4.78, 5) is 0. The summed E-state index contributed by atoms with van der Waals surface area (Å²) in [5.41, 5.74) is 9.65. The van der Waals surface area contributed by atoms with Crippen LogP contribution in [0.3, 0.4) is 0 Å². The van der Waals surface area contributed by atoms with Crippen LogP contribution in [0.1, 0.15) is 22.3 Å². The lowest BCUT2D eigenvalue weighted by atomic mass is 10.1. The van der Waals surface area contributed by atoms with E-state index in [-0.39, 0.29) is 5.75 Å². The van der Waals surface area contributed by atoms with E-state index in [4.69, 9.17) is 5.73 Å². The molecule has 0 aliphatic rings. The minimum Gasteiger partial charge on any atom is -0.399 e. The molecule has 2 aromatic carbocycles. The summed E-state index contributed by atoms with van der Waals surface area (Å²) in [6, 6.07) is 10.6. The molecule has 0 aliphatic carbocycles. The molecule has 0 bridgehead atoms. The Balaban J connectivity index is 2.09. The summed E-state index contributed by atoms with van der Waals surface area (Å²) in [6.45, 7) is 4.03. The Kier molecular flexibility index (Phi) is 4.55. The van der Waals surface area contributed by atoms with Crippen molar-refractivity contribution in [3.63, 3.8) is 0 Å². The van der Waals surface area contributed by atoms with Gasteiger partial charge in [-0.3, -0.25) is 4.21 Å². The molecular formula is C16H18FNOS. The Bertz CT molecular complexity index is 635. The third-order valence-corrected chi connectivity index (χ3v) is 4.29. The number of halogens is 1. The van der Waals surface area contributed by atoms with Crippen LogP contribution in [0.5, 0.6) is 0 Å². The molecule has 0 amide bonds. The van der Waals surface area contributed by atoms with Gasteiger partial charge in [-0.25, -0.2) is 4.39 Å². The molecule has 1 unspecified atom stereocenters. The maximum Gasteiger partial charge on any atom is 0.129 e. The van der Waals surface area contributed by atoms with Crippen LogP contribution in [0.25, 0.3) is 0 Å². The van der Waals surface area contributed by atoms with E-state index >= 15 is 0 Å². The summed E-state index contributed by atoms with van der Waals surface area (Å²) < 4.78 is 25.8. The normalized spacial score (nSPS) is 12.3. The molecule has 0 fully saturated rings. The predicted octanol–water partition coefficient (Wildman–Crippen LogP) is 3.47.